The summed E-state index contributed by atoms with van der Waals surface area (Å²) in [6, 6.07) is 6.08. The molecule has 1 aromatic rings. The van der Waals surface area contributed by atoms with Gasteiger partial charge in [-0.05, 0) is 18.1 Å². The fraction of sp³-hybridized carbons (Fsp3) is 0.500. The van der Waals surface area contributed by atoms with E-state index in [0.717, 1.165) is 0 Å². The SMILES string of the molecule is Fc1ccccc1C(CCl)CCOCC(F)(F)F. The predicted octanol–water partition coefficient (Wildman–Crippen LogP) is 4.12. The summed E-state index contributed by atoms with van der Waals surface area (Å²) in [4.78, 5) is 0. The molecule has 1 nitrogen and oxygen atoms in total. The Balaban J connectivity index is 2.46. The number of alkyl halides is 4. The van der Waals surface area contributed by atoms with Crippen LogP contribution in [0.2, 0.25) is 0 Å². The Kier molecular flexibility index (Phi) is 5.88. The third-order valence-electron chi connectivity index (χ3n) is 2.41. The number of halogens is 5. The lowest BCUT2D eigenvalue weighted by Gasteiger charge is -2.15. The molecule has 18 heavy (non-hydrogen) atoms. The predicted molar refractivity (Wildman–Crippen MR) is 61.4 cm³/mol. The van der Waals surface area contributed by atoms with Gasteiger partial charge in [0.25, 0.3) is 0 Å². The number of hydrogen-bond donors (Lipinski definition) is 0. The quantitative estimate of drug-likeness (QED) is 0.434. The van der Waals surface area contributed by atoms with Crippen LogP contribution in [0.25, 0.3) is 0 Å². The molecule has 0 heterocycles. The maximum absolute atomic E-state index is 13.4. The summed E-state index contributed by atoms with van der Waals surface area (Å²) in [5.41, 5.74) is 0.406. The Labute approximate surface area is 108 Å². The average molecular weight is 285 g/mol. The molecule has 102 valence electrons. The van der Waals surface area contributed by atoms with Crippen molar-refractivity contribution in [2.24, 2.45) is 0 Å². The van der Waals surface area contributed by atoms with Crippen LogP contribution in [0, 0.1) is 5.82 Å². The van der Waals surface area contributed by atoms with E-state index in [4.69, 9.17) is 11.6 Å². The van der Waals surface area contributed by atoms with Gasteiger partial charge in [0.2, 0.25) is 0 Å². The maximum atomic E-state index is 13.4. The molecule has 0 aliphatic rings. The van der Waals surface area contributed by atoms with Crippen molar-refractivity contribution >= 4 is 11.6 Å². The highest BCUT2D eigenvalue weighted by Gasteiger charge is 2.27. The maximum Gasteiger partial charge on any atom is 0.411 e. The molecule has 0 aliphatic heterocycles. The van der Waals surface area contributed by atoms with E-state index in [9.17, 15) is 17.6 Å². The summed E-state index contributed by atoms with van der Waals surface area (Å²) in [6.07, 6.45) is -4.09. The van der Waals surface area contributed by atoms with Crippen LogP contribution in [0.4, 0.5) is 17.6 Å². The molecular formula is C12H13ClF4O. The van der Waals surface area contributed by atoms with Gasteiger partial charge in [-0.1, -0.05) is 18.2 Å². The van der Waals surface area contributed by atoms with E-state index >= 15 is 0 Å². The largest absolute Gasteiger partial charge is 0.411 e. The first-order chi connectivity index (χ1) is 8.44. The van der Waals surface area contributed by atoms with E-state index in [0.29, 0.717) is 5.56 Å². The fourth-order valence-corrected chi connectivity index (χ4v) is 1.86. The number of rotatable bonds is 6. The molecule has 0 spiro atoms. The molecule has 0 radical (unpaired) electrons. The highest BCUT2D eigenvalue weighted by Crippen LogP contribution is 2.24. The van der Waals surface area contributed by atoms with Crippen molar-refractivity contribution in [2.45, 2.75) is 18.5 Å². The van der Waals surface area contributed by atoms with Gasteiger partial charge in [-0.2, -0.15) is 13.2 Å². The van der Waals surface area contributed by atoms with Crippen molar-refractivity contribution in [1.82, 2.24) is 0 Å². The normalized spacial score (nSPS) is 13.6. The lowest BCUT2D eigenvalue weighted by Crippen LogP contribution is -2.18. The standard InChI is InChI=1S/C12H13ClF4O/c13-7-9(5-6-18-8-12(15,16)17)10-3-1-2-4-11(10)14/h1-4,9H,5-8H2. The van der Waals surface area contributed by atoms with Gasteiger partial charge in [0.1, 0.15) is 12.4 Å². The van der Waals surface area contributed by atoms with Gasteiger partial charge in [-0.3, -0.25) is 0 Å². The summed E-state index contributed by atoms with van der Waals surface area (Å²) in [6.45, 7) is -1.40. The summed E-state index contributed by atoms with van der Waals surface area (Å²) < 4.78 is 53.4. The van der Waals surface area contributed by atoms with Crippen molar-refractivity contribution in [3.05, 3.63) is 35.6 Å². The summed E-state index contributed by atoms with van der Waals surface area (Å²) in [5, 5.41) is 0. The second kappa shape index (κ2) is 6.95. The van der Waals surface area contributed by atoms with Crippen molar-refractivity contribution in [3.8, 4) is 0 Å². The molecule has 0 saturated carbocycles. The van der Waals surface area contributed by atoms with Gasteiger partial charge in [-0.15, -0.1) is 11.6 Å². The Hall–Kier alpha value is -0.810. The van der Waals surface area contributed by atoms with E-state index in [1.165, 1.54) is 6.07 Å². The zero-order valence-corrected chi connectivity index (χ0v) is 10.3. The van der Waals surface area contributed by atoms with Gasteiger partial charge in [-0.25, -0.2) is 4.39 Å². The third kappa shape index (κ3) is 5.23. The van der Waals surface area contributed by atoms with E-state index < -0.39 is 18.6 Å². The van der Waals surface area contributed by atoms with Crippen LogP contribution in [0.15, 0.2) is 24.3 Å². The van der Waals surface area contributed by atoms with E-state index in [1.54, 1.807) is 18.2 Å². The summed E-state index contributed by atoms with van der Waals surface area (Å²) in [7, 11) is 0. The van der Waals surface area contributed by atoms with E-state index in [2.05, 4.69) is 4.74 Å². The fourth-order valence-electron chi connectivity index (χ4n) is 1.54. The Morgan fingerprint density at radius 3 is 2.44 bits per heavy atom. The number of benzene rings is 1. The van der Waals surface area contributed by atoms with Crippen LogP contribution in [0.5, 0.6) is 0 Å². The second-order valence-corrected chi connectivity index (χ2v) is 4.14. The summed E-state index contributed by atoms with van der Waals surface area (Å²) in [5.74, 6) is -0.615. The topological polar surface area (TPSA) is 9.23 Å². The van der Waals surface area contributed by atoms with Gasteiger partial charge in [0.15, 0.2) is 0 Å². The molecule has 0 aromatic heterocycles. The van der Waals surface area contributed by atoms with Crippen LogP contribution >= 0.6 is 11.6 Å². The second-order valence-electron chi connectivity index (χ2n) is 3.83. The molecule has 0 N–H and O–H groups in total. The Morgan fingerprint density at radius 2 is 1.89 bits per heavy atom. The Morgan fingerprint density at radius 1 is 1.22 bits per heavy atom. The molecule has 6 heteroatoms. The smallest absolute Gasteiger partial charge is 0.372 e. The van der Waals surface area contributed by atoms with Crippen molar-refractivity contribution in [2.75, 3.05) is 19.1 Å². The van der Waals surface area contributed by atoms with Gasteiger partial charge in [0, 0.05) is 18.4 Å². The first-order valence-electron chi connectivity index (χ1n) is 5.39. The van der Waals surface area contributed by atoms with Crippen LogP contribution in [-0.2, 0) is 4.74 Å². The first-order valence-corrected chi connectivity index (χ1v) is 5.92. The minimum atomic E-state index is -4.34. The highest BCUT2D eigenvalue weighted by molar-refractivity contribution is 6.18. The molecule has 0 amide bonds. The van der Waals surface area contributed by atoms with Gasteiger partial charge in [0.05, 0.1) is 0 Å². The minimum absolute atomic E-state index is 0.106. The first kappa shape index (κ1) is 15.2. The zero-order chi connectivity index (χ0) is 13.6. The number of ether oxygens (including phenoxy) is 1. The molecule has 0 saturated heterocycles. The molecule has 0 aliphatic carbocycles. The molecular weight excluding hydrogens is 272 g/mol. The van der Waals surface area contributed by atoms with Gasteiger partial charge >= 0.3 is 6.18 Å². The van der Waals surface area contributed by atoms with Crippen LogP contribution in [0.1, 0.15) is 17.9 Å². The van der Waals surface area contributed by atoms with E-state index in [-0.39, 0.29) is 24.8 Å². The molecule has 0 bridgehead atoms. The lowest BCUT2D eigenvalue weighted by molar-refractivity contribution is -0.174. The Bertz CT molecular complexity index is 367. The van der Waals surface area contributed by atoms with Crippen LogP contribution in [-0.4, -0.2) is 25.3 Å². The third-order valence-corrected chi connectivity index (χ3v) is 2.78. The van der Waals surface area contributed by atoms with Crippen LogP contribution < -0.4 is 0 Å². The number of hydrogen-bond acceptors (Lipinski definition) is 1. The molecule has 1 unspecified atom stereocenters. The van der Waals surface area contributed by atoms with Crippen LogP contribution in [0.3, 0.4) is 0 Å². The van der Waals surface area contributed by atoms with Crippen molar-refractivity contribution < 1.29 is 22.3 Å². The van der Waals surface area contributed by atoms with Crippen molar-refractivity contribution in [1.29, 1.82) is 0 Å². The molecule has 0 fully saturated rings. The molecule has 1 atom stereocenters. The average Bonchev–Trinajstić information content (AvgIpc) is 2.29. The monoisotopic (exact) mass is 284 g/mol. The molecule has 1 aromatic carbocycles. The highest BCUT2D eigenvalue weighted by atomic mass is 35.5. The minimum Gasteiger partial charge on any atom is -0.372 e. The van der Waals surface area contributed by atoms with Gasteiger partial charge < -0.3 is 4.74 Å². The lowest BCUT2D eigenvalue weighted by atomic mass is 9.97. The van der Waals surface area contributed by atoms with Crippen molar-refractivity contribution in [3.63, 3.8) is 0 Å². The summed E-state index contributed by atoms with van der Waals surface area (Å²) >= 11 is 5.70. The zero-order valence-electron chi connectivity index (χ0n) is 9.51. The molecule has 1 rings (SSSR count). The van der Waals surface area contributed by atoms with E-state index in [1.807, 2.05) is 0 Å².